The van der Waals surface area contributed by atoms with E-state index in [0.29, 0.717) is 25.5 Å². The van der Waals surface area contributed by atoms with E-state index in [1.54, 1.807) is 0 Å². The van der Waals surface area contributed by atoms with Gasteiger partial charge in [-0.05, 0) is 46.9 Å². The van der Waals surface area contributed by atoms with Gasteiger partial charge in [0.1, 0.15) is 13.5 Å². The number of pyridine rings is 1. The summed E-state index contributed by atoms with van der Waals surface area (Å²) in [6.07, 6.45) is 5.85. The Bertz CT molecular complexity index is 1660. The molecule has 0 spiro atoms. The molecule has 0 aliphatic carbocycles. The van der Waals surface area contributed by atoms with Crippen LogP contribution in [0.1, 0.15) is 24.5 Å². The molecule has 2 bridgehead atoms. The minimum Gasteiger partial charge on any atom is -0.378 e. The second kappa shape index (κ2) is 15.5. The van der Waals surface area contributed by atoms with Gasteiger partial charge in [0.05, 0.1) is 35.3 Å². The zero-order valence-corrected chi connectivity index (χ0v) is 33.9. The largest absolute Gasteiger partial charge is 0.378 e. The Kier molecular flexibility index (Phi) is 11.5. The van der Waals surface area contributed by atoms with Crippen LogP contribution in [0.3, 0.4) is 0 Å². The molecule has 1 aromatic carbocycles. The van der Waals surface area contributed by atoms with E-state index in [-0.39, 0.29) is 5.92 Å². The van der Waals surface area contributed by atoms with Crippen LogP contribution in [0.15, 0.2) is 59.3 Å². The average molecular weight is 764 g/mol. The number of morpholine rings is 1. The van der Waals surface area contributed by atoms with Crippen molar-refractivity contribution in [1.29, 1.82) is 0 Å². The standard InChI is InChI=1S/C36H52BBrN6O3Si2/c1-48(2,3)16-14-45-24-42(25-46-15-17-49(4,5)6)36-33(38)34(28-18-29-22-47-23-30(19-28)43(29)37)41-35-31(21-40-44(35)36)27-12-13-32(39-20-27)26-10-8-7-9-11-26/h7-13,20-21,28-30H,14-19,22-25,37H2,1-6H3. The molecule has 6 rings (SSSR count). The molecular formula is C36H52BBrN6O3Si2. The maximum atomic E-state index is 6.41. The van der Waals surface area contributed by atoms with Crippen LogP contribution in [-0.2, 0) is 14.2 Å². The number of halogens is 1. The molecule has 0 saturated carbocycles. The number of aromatic nitrogens is 4. The molecule has 0 radical (unpaired) electrons. The highest BCUT2D eigenvalue weighted by molar-refractivity contribution is 9.10. The molecule has 4 aromatic rings. The number of hydrogen-bond donors (Lipinski definition) is 0. The molecular weight excluding hydrogens is 711 g/mol. The van der Waals surface area contributed by atoms with Crippen molar-refractivity contribution in [3.63, 3.8) is 0 Å². The van der Waals surface area contributed by atoms with E-state index in [1.807, 2.05) is 35.1 Å². The lowest BCUT2D eigenvalue weighted by atomic mass is 9.81. The highest BCUT2D eigenvalue weighted by Gasteiger charge is 2.39. The third-order valence-corrected chi connectivity index (χ3v) is 14.0. The van der Waals surface area contributed by atoms with Gasteiger partial charge in [0.2, 0.25) is 0 Å². The number of anilines is 1. The molecule has 49 heavy (non-hydrogen) atoms. The Morgan fingerprint density at radius 3 is 2.08 bits per heavy atom. The quantitative estimate of drug-likeness (QED) is 0.0763. The van der Waals surface area contributed by atoms with Gasteiger partial charge in [0, 0.05) is 70.3 Å². The predicted octanol–water partition coefficient (Wildman–Crippen LogP) is 7.15. The molecule has 5 heterocycles. The number of ether oxygens (including phenoxy) is 3. The molecule has 2 atom stereocenters. The van der Waals surface area contributed by atoms with Crippen LogP contribution in [-0.4, -0.2) is 100 Å². The molecule has 13 heteroatoms. The first-order valence-corrected chi connectivity index (χ1v) is 25.9. The van der Waals surface area contributed by atoms with E-state index < -0.39 is 16.1 Å². The lowest BCUT2D eigenvalue weighted by Crippen LogP contribution is -2.55. The fraction of sp³-hybridized carbons (Fsp3) is 0.528. The van der Waals surface area contributed by atoms with Gasteiger partial charge in [-0.3, -0.25) is 4.98 Å². The first-order chi connectivity index (χ1) is 23.4. The Balaban J connectivity index is 1.41. The molecule has 3 aromatic heterocycles. The molecule has 262 valence electrons. The number of nitrogens with zero attached hydrogens (tertiary/aromatic N) is 6. The number of benzene rings is 1. The summed E-state index contributed by atoms with van der Waals surface area (Å²) in [5.41, 5.74) is 5.86. The Morgan fingerprint density at radius 1 is 0.878 bits per heavy atom. The van der Waals surface area contributed by atoms with Gasteiger partial charge < -0.3 is 23.9 Å². The van der Waals surface area contributed by atoms with Crippen LogP contribution in [0.5, 0.6) is 0 Å². The van der Waals surface area contributed by atoms with Crippen LogP contribution >= 0.6 is 15.9 Å². The predicted molar refractivity (Wildman–Crippen MR) is 211 cm³/mol. The van der Waals surface area contributed by atoms with Crippen molar-refractivity contribution in [2.75, 3.05) is 44.8 Å². The lowest BCUT2D eigenvalue weighted by Gasteiger charge is -2.47. The summed E-state index contributed by atoms with van der Waals surface area (Å²) in [6.45, 7) is 18.1. The van der Waals surface area contributed by atoms with E-state index in [0.717, 1.165) is 95.4 Å². The highest BCUT2D eigenvalue weighted by atomic mass is 79.9. The smallest absolute Gasteiger partial charge is 0.186 e. The normalized spacial score (nSPS) is 20.2. The second-order valence-electron chi connectivity index (χ2n) is 16.1. The Morgan fingerprint density at radius 2 is 1.51 bits per heavy atom. The topological polar surface area (TPSA) is 77.2 Å². The van der Waals surface area contributed by atoms with Gasteiger partial charge >= 0.3 is 0 Å². The maximum Gasteiger partial charge on any atom is 0.186 e. The molecule has 2 aliphatic rings. The van der Waals surface area contributed by atoms with Crippen molar-refractivity contribution in [3.05, 3.63) is 65.0 Å². The van der Waals surface area contributed by atoms with E-state index in [4.69, 9.17) is 29.3 Å². The number of fused-ring (bicyclic) bond motifs is 3. The molecule has 9 nitrogen and oxygen atoms in total. The summed E-state index contributed by atoms with van der Waals surface area (Å²) in [4.78, 5) is 15.0. The summed E-state index contributed by atoms with van der Waals surface area (Å²) in [5, 5.41) is 4.98. The molecule has 0 N–H and O–H groups in total. The van der Waals surface area contributed by atoms with Crippen molar-refractivity contribution in [2.45, 2.75) is 82.2 Å². The molecule has 2 saturated heterocycles. The SMILES string of the molecule is BN1C2COCC1CC(c1nc3c(-c4ccc(-c5ccccc5)nc4)cnn3c(N(COCC[Si](C)(C)C)COCC[Si](C)(C)C)c1Br)C2. The number of rotatable bonds is 14. The summed E-state index contributed by atoms with van der Waals surface area (Å²) in [5.74, 6) is 1.19. The van der Waals surface area contributed by atoms with E-state index >= 15 is 0 Å². The fourth-order valence-corrected chi connectivity index (χ4v) is 8.98. The second-order valence-corrected chi connectivity index (χ2v) is 28.2. The van der Waals surface area contributed by atoms with Gasteiger partial charge in [-0.2, -0.15) is 9.61 Å². The summed E-state index contributed by atoms with van der Waals surface area (Å²) in [6, 6.07) is 17.4. The van der Waals surface area contributed by atoms with Gasteiger partial charge in [-0.15, -0.1) is 0 Å². The fourth-order valence-electron chi connectivity index (χ4n) is 6.64. The third-order valence-electron chi connectivity index (χ3n) is 9.79. The van der Waals surface area contributed by atoms with Crippen molar-refractivity contribution < 1.29 is 14.2 Å². The minimum absolute atomic E-state index is 0.275. The molecule has 2 fully saturated rings. The average Bonchev–Trinajstić information content (AvgIpc) is 3.47. The van der Waals surface area contributed by atoms with Crippen molar-refractivity contribution in [3.8, 4) is 22.4 Å². The van der Waals surface area contributed by atoms with Crippen molar-refractivity contribution in [1.82, 2.24) is 24.4 Å². The van der Waals surface area contributed by atoms with E-state index in [9.17, 15) is 0 Å². The summed E-state index contributed by atoms with van der Waals surface area (Å²) in [7, 11) is -0.262. The first kappa shape index (κ1) is 36.4. The summed E-state index contributed by atoms with van der Waals surface area (Å²) >= 11 is 4.10. The van der Waals surface area contributed by atoms with Crippen LogP contribution in [0, 0.1) is 0 Å². The van der Waals surface area contributed by atoms with Crippen molar-refractivity contribution in [2.24, 2.45) is 0 Å². The highest BCUT2D eigenvalue weighted by Crippen LogP contribution is 2.43. The molecule has 2 aliphatic heterocycles. The molecule has 0 amide bonds. The van der Waals surface area contributed by atoms with Crippen LogP contribution < -0.4 is 4.90 Å². The zero-order valence-electron chi connectivity index (χ0n) is 30.3. The van der Waals surface area contributed by atoms with Gasteiger partial charge in [0.15, 0.2) is 19.4 Å². The number of piperidine rings is 1. The van der Waals surface area contributed by atoms with Crippen molar-refractivity contribution >= 4 is 51.5 Å². The Hall–Kier alpha value is -2.39. The lowest BCUT2D eigenvalue weighted by molar-refractivity contribution is -0.0358. The first-order valence-electron chi connectivity index (χ1n) is 17.7. The van der Waals surface area contributed by atoms with Gasteiger partial charge in [0.25, 0.3) is 0 Å². The minimum atomic E-state index is -1.25. The monoisotopic (exact) mass is 762 g/mol. The van der Waals surface area contributed by atoms with E-state index in [1.165, 1.54) is 0 Å². The third kappa shape index (κ3) is 8.92. The Labute approximate surface area is 303 Å². The van der Waals surface area contributed by atoms with Crippen LogP contribution in [0.25, 0.3) is 28.0 Å². The summed E-state index contributed by atoms with van der Waals surface area (Å²) < 4.78 is 21.7. The van der Waals surface area contributed by atoms with Crippen LogP contribution in [0.2, 0.25) is 51.4 Å². The maximum absolute atomic E-state index is 6.41. The number of hydrogen-bond acceptors (Lipinski definition) is 8. The van der Waals surface area contributed by atoms with Crippen LogP contribution in [0.4, 0.5) is 5.82 Å². The van der Waals surface area contributed by atoms with Gasteiger partial charge in [-0.25, -0.2) is 4.98 Å². The van der Waals surface area contributed by atoms with E-state index in [2.05, 4.69) is 97.2 Å². The molecule has 2 unspecified atom stereocenters. The van der Waals surface area contributed by atoms with Gasteiger partial charge in [-0.1, -0.05) is 75.7 Å². The zero-order chi connectivity index (χ0) is 34.8.